The number of aromatic nitrogens is 1. The molecule has 0 spiro atoms. The number of anilines is 1. The maximum atomic E-state index is 13.1. The normalized spacial score (nSPS) is 19.8. The topological polar surface area (TPSA) is 51.4 Å². The predicted molar refractivity (Wildman–Crippen MR) is 122 cm³/mol. The molecule has 2 aromatic carbocycles. The van der Waals surface area contributed by atoms with Gasteiger partial charge in [-0.2, -0.15) is 0 Å². The van der Waals surface area contributed by atoms with Crippen LogP contribution in [0.4, 0.5) is 14.9 Å². The van der Waals surface area contributed by atoms with E-state index in [2.05, 4.69) is 45.7 Å². The molecule has 3 aromatic rings. The Morgan fingerprint density at radius 3 is 2.61 bits per heavy atom. The van der Waals surface area contributed by atoms with Gasteiger partial charge in [0.15, 0.2) is 0 Å². The second-order valence-electron chi connectivity index (χ2n) is 8.81. The molecule has 162 valence electrons. The molecule has 5 rings (SSSR count). The summed E-state index contributed by atoms with van der Waals surface area (Å²) in [6, 6.07) is 15.1. The van der Waals surface area contributed by atoms with Gasteiger partial charge < -0.3 is 20.1 Å². The lowest BCUT2D eigenvalue weighted by Gasteiger charge is -2.32. The average molecular weight is 421 g/mol. The number of hydrogen-bond acceptors (Lipinski definition) is 2. The lowest BCUT2D eigenvalue weighted by molar-refractivity contribution is 0.180. The first-order valence-electron chi connectivity index (χ1n) is 11.3. The number of rotatable bonds is 4. The highest BCUT2D eigenvalue weighted by molar-refractivity contribution is 5.83. The number of halogens is 1. The van der Waals surface area contributed by atoms with Crippen LogP contribution in [0.25, 0.3) is 10.9 Å². The Labute approximate surface area is 182 Å². The van der Waals surface area contributed by atoms with Gasteiger partial charge in [0.2, 0.25) is 0 Å². The van der Waals surface area contributed by atoms with Crippen LogP contribution in [0.3, 0.4) is 0 Å². The molecule has 5 nitrogen and oxygen atoms in total. The zero-order chi connectivity index (χ0) is 21.2. The van der Waals surface area contributed by atoms with Crippen molar-refractivity contribution in [3.63, 3.8) is 0 Å². The highest BCUT2D eigenvalue weighted by Gasteiger charge is 2.27. The van der Waals surface area contributed by atoms with Crippen LogP contribution < -0.4 is 10.2 Å². The van der Waals surface area contributed by atoms with Crippen LogP contribution in [0.2, 0.25) is 0 Å². The molecule has 0 aliphatic carbocycles. The Bertz CT molecular complexity index is 1040. The summed E-state index contributed by atoms with van der Waals surface area (Å²) in [6.07, 6.45) is 5.17. The molecule has 0 bridgehead atoms. The van der Waals surface area contributed by atoms with E-state index < -0.39 is 0 Å². The summed E-state index contributed by atoms with van der Waals surface area (Å²) in [7, 11) is 0. The van der Waals surface area contributed by atoms with Crippen molar-refractivity contribution in [2.45, 2.75) is 25.2 Å². The lowest BCUT2D eigenvalue weighted by Crippen LogP contribution is -2.45. The third-order valence-corrected chi connectivity index (χ3v) is 6.86. The van der Waals surface area contributed by atoms with Crippen molar-refractivity contribution in [1.82, 2.24) is 15.2 Å². The molecule has 2 fully saturated rings. The zero-order valence-electron chi connectivity index (χ0n) is 17.7. The number of nitrogens with one attached hydrogen (secondary N) is 2. The van der Waals surface area contributed by atoms with E-state index in [1.54, 1.807) is 0 Å². The van der Waals surface area contributed by atoms with Crippen LogP contribution in [-0.2, 0) is 0 Å². The Morgan fingerprint density at radius 2 is 1.81 bits per heavy atom. The van der Waals surface area contributed by atoms with E-state index in [0.29, 0.717) is 18.4 Å². The number of benzene rings is 2. The highest BCUT2D eigenvalue weighted by atomic mass is 19.1. The smallest absolute Gasteiger partial charge is 0.317 e. The molecule has 6 heteroatoms. The molecule has 1 atom stereocenters. The van der Waals surface area contributed by atoms with Crippen molar-refractivity contribution in [2.24, 2.45) is 5.92 Å². The maximum Gasteiger partial charge on any atom is 0.317 e. The van der Waals surface area contributed by atoms with Crippen LogP contribution in [0.1, 0.15) is 30.7 Å². The van der Waals surface area contributed by atoms with Crippen molar-refractivity contribution in [2.75, 3.05) is 37.6 Å². The summed E-state index contributed by atoms with van der Waals surface area (Å²) < 4.78 is 13.1. The van der Waals surface area contributed by atoms with Gasteiger partial charge in [-0.3, -0.25) is 0 Å². The highest BCUT2D eigenvalue weighted by Crippen LogP contribution is 2.33. The fourth-order valence-corrected chi connectivity index (χ4v) is 5.05. The molecule has 1 aromatic heterocycles. The van der Waals surface area contributed by atoms with Gasteiger partial charge in [-0.25, -0.2) is 9.18 Å². The quantitative estimate of drug-likeness (QED) is 0.642. The standard InChI is InChI=1S/C25H29FN4O/c26-20-5-7-21(8-6-20)30-12-9-18(17-30)15-28-25(31)29-13-10-19(11-14-29)23-16-27-24-4-2-1-3-22(23)24/h1-8,16,18-19,27H,9-15,17H2,(H,28,31). The summed E-state index contributed by atoms with van der Waals surface area (Å²) in [4.78, 5) is 20.3. The Morgan fingerprint density at radius 1 is 1.03 bits per heavy atom. The minimum atomic E-state index is -0.208. The van der Waals surface area contributed by atoms with E-state index in [0.717, 1.165) is 51.1 Å². The van der Waals surface area contributed by atoms with Crippen LogP contribution in [-0.4, -0.2) is 48.6 Å². The fraction of sp³-hybridized carbons (Fsp3) is 0.400. The Balaban J connectivity index is 1.09. The van der Waals surface area contributed by atoms with E-state index in [4.69, 9.17) is 0 Å². The molecule has 2 aliphatic heterocycles. The number of amides is 2. The first-order chi connectivity index (χ1) is 15.2. The first kappa shape index (κ1) is 19.9. The number of likely N-dealkylation sites (tertiary alicyclic amines) is 1. The van der Waals surface area contributed by atoms with Gasteiger partial charge in [0.1, 0.15) is 5.82 Å². The molecule has 31 heavy (non-hydrogen) atoms. The molecule has 2 aliphatic rings. The predicted octanol–water partition coefficient (Wildman–Crippen LogP) is 4.72. The van der Waals surface area contributed by atoms with E-state index in [1.807, 2.05) is 17.0 Å². The number of H-pyrrole nitrogens is 1. The molecular weight excluding hydrogens is 391 g/mol. The van der Waals surface area contributed by atoms with Crippen LogP contribution in [0.5, 0.6) is 0 Å². The van der Waals surface area contributed by atoms with Crippen molar-refractivity contribution in [3.05, 3.63) is 66.1 Å². The van der Waals surface area contributed by atoms with Crippen molar-refractivity contribution in [1.29, 1.82) is 0 Å². The van der Waals surface area contributed by atoms with E-state index >= 15 is 0 Å². The fourth-order valence-electron chi connectivity index (χ4n) is 5.05. The van der Waals surface area contributed by atoms with Gasteiger partial charge in [-0.05, 0) is 67.0 Å². The SMILES string of the molecule is O=C(NCC1CCN(c2ccc(F)cc2)C1)N1CCC(c2c[nH]c3ccccc23)CC1. The van der Waals surface area contributed by atoms with Gasteiger partial charge in [0, 0.05) is 55.5 Å². The third-order valence-electron chi connectivity index (χ3n) is 6.86. The summed E-state index contributed by atoms with van der Waals surface area (Å²) >= 11 is 0. The third kappa shape index (κ3) is 4.24. The van der Waals surface area contributed by atoms with Gasteiger partial charge in [0.25, 0.3) is 0 Å². The monoisotopic (exact) mass is 420 g/mol. The van der Waals surface area contributed by atoms with Crippen LogP contribution in [0.15, 0.2) is 54.7 Å². The number of aromatic amines is 1. The molecule has 2 N–H and O–H groups in total. The largest absolute Gasteiger partial charge is 0.371 e. The summed E-state index contributed by atoms with van der Waals surface area (Å²) in [6.45, 7) is 4.13. The van der Waals surface area contributed by atoms with Crippen molar-refractivity contribution >= 4 is 22.6 Å². The summed E-state index contributed by atoms with van der Waals surface area (Å²) in [5, 5.41) is 4.45. The van der Waals surface area contributed by atoms with Gasteiger partial charge in [0.05, 0.1) is 0 Å². The molecular formula is C25H29FN4O. The van der Waals surface area contributed by atoms with E-state index in [9.17, 15) is 9.18 Å². The number of para-hydroxylation sites is 1. The second kappa shape index (κ2) is 8.61. The molecule has 2 saturated heterocycles. The number of piperidine rings is 1. The summed E-state index contributed by atoms with van der Waals surface area (Å²) in [5.74, 6) is 0.720. The van der Waals surface area contributed by atoms with Crippen LogP contribution in [0, 0.1) is 11.7 Å². The molecule has 2 amide bonds. The first-order valence-corrected chi connectivity index (χ1v) is 11.3. The second-order valence-corrected chi connectivity index (χ2v) is 8.81. The zero-order valence-corrected chi connectivity index (χ0v) is 17.7. The van der Waals surface area contributed by atoms with Crippen molar-refractivity contribution in [3.8, 4) is 0 Å². The number of carbonyl (C=O) groups excluding carboxylic acids is 1. The molecule has 3 heterocycles. The number of carbonyl (C=O) groups is 1. The van der Waals surface area contributed by atoms with Crippen LogP contribution >= 0.6 is 0 Å². The molecule has 1 unspecified atom stereocenters. The van der Waals surface area contributed by atoms with E-state index in [-0.39, 0.29) is 11.8 Å². The molecule has 0 radical (unpaired) electrons. The van der Waals surface area contributed by atoms with Gasteiger partial charge >= 0.3 is 6.03 Å². The maximum absolute atomic E-state index is 13.1. The number of nitrogens with zero attached hydrogens (tertiary/aromatic N) is 2. The number of fused-ring (bicyclic) bond motifs is 1. The number of hydrogen-bond donors (Lipinski definition) is 2. The Kier molecular flexibility index (Phi) is 5.53. The minimum Gasteiger partial charge on any atom is -0.371 e. The molecule has 0 saturated carbocycles. The summed E-state index contributed by atoms with van der Waals surface area (Å²) in [5.41, 5.74) is 3.61. The average Bonchev–Trinajstić information content (AvgIpc) is 3.45. The minimum absolute atomic E-state index is 0.0533. The lowest BCUT2D eigenvalue weighted by atomic mass is 9.89. The number of urea groups is 1. The Hall–Kier alpha value is -3.02. The van der Waals surface area contributed by atoms with Gasteiger partial charge in [-0.1, -0.05) is 18.2 Å². The van der Waals surface area contributed by atoms with Gasteiger partial charge in [-0.15, -0.1) is 0 Å². The van der Waals surface area contributed by atoms with E-state index in [1.165, 1.54) is 28.6 Å². The van der Waals surface area contributed by atoms with Crippen molar-refractivity contribution < 1.29 is 9.18 Å².